The molecule has 0 aliphatic carbocycles. The number of anilines is 1. The van der Waals surface area contributed by atoms with Gasteiger partial charge in [0.25, 0.3) is 0 Å². The van der Waals surface area contributed by atoms with Crippen LogP contribution < -0.4 is 10.6 Å². The number of benzene rings is 1. The zero-order valence-corrected chi connectivity index (χ0v) is 15.1. The Kier molecular flexibility index (Phi) is 6.42. The van der Waals surface area contributed by atoms with E-state index >= 15 is 0 Å². The van der Waals surface area contributed by atoms with Crippen molar-refractivity contribution in [1.29, 1.82) is 0 Å². The zero-order chi connectivity index (χ0) is 17.5. The van der Waals surface area contributed by atoms with Crippen molar-refractivity contribution < 1.29 is 14.3 Å². The molecule has 1 aromatic carbocycles. The molecule has 0 bridgehead atoms. The molecule has 25 heavy (non-hydrogen) atoms. The number of hydrogen-bond acceptors (Lipinski definition) is 5. The first-order valence-electron chi connectivity index (χ1n) is 9.12. The Labute approximate surface area is 149 Å². The maximum absolute atomic E-state index is 12.8. The second kappa shape index (κ2) is 8.76. The van der Waals surface area contributed by atoms with E-state index in [-0.39, 0.29) is 5.91 Å². The van der Waals surface area contributed by atoms with Crippen LogP contribution >= 0.6 is 0 Å². The third-order valence-electron chi connectivity index (χ3n) is 5.18. The maximum Gasteiger partial charge on any atom is 0.233 e. The van der Waals surface area contributed by atoms with Crippen LogP contribution in [0.1, 0.15) is 18.4 Å². The third kappa shape index (κ3) is 4.79. The van der Waals surface area contributed by atoms with E-state index in [2.05, 4.69) is 27.7 Å². The fourth-order valence-corrected chi connectivity index (χ4v) is 3.59. The van der Waals surface area contributed by atoms with Crippen molar-refractivity contribution in [3.05, 3.63) is 29.8 Å². The highest BCUT2D eigenvalue weighted by Gasteiger charge is 2.39. The molecule has 1 amide bonds. The summed E-state index contributed by atoms with van der Waals surface area (Å²) in [5, 5.41) is 6.40. The van der Waals surface area contributed by atoms with Gasteiger partial charge in [0.1, 0.15) is 0 Å². The lowest BCUT2D eigenvalue weighted by Gasteiger charge is -2.35. The highest BCUT2D eigenvalue weighted by Crippen LogP contribution is 2.31. The van der Waals surface area contributed by atoms with Gasteiger partial charge >= 0.3 is 0 Å². The molecule has 0 saturated carbocycles. The van der Waals surface area contributed by atoms with Crippen LogP contribution in [-0.4, -0.2) is 63.9 Å². The third-order valence-corrected chi connectivity index (χ3v) is 5.18. The van der Waals surface area contributed by atoms with E-state index in [1.807, 2.05) is 12.1 Å². The Balaban J connectivity index is 1.58. The van der Waals surface area contributed by atoms with Crippen LogP contribution in [0, 0.1) is 5.41 Å². The molecule has 1 aromatic rings. The molecule has 2 fully saturated rings. The maximum atomic E-state index is 12.8. The van der Waals surface area contributed by atoms with Crippen LogP contribution in [0.25, 0.3) is 0 Å². The van der Waals surface area contributed by atoms with Gasteiger partial charge in [-0.2, -0.15) is 0 Å². The highest BCUT2D eigenvalue weighted by molar-refractivity contribution is 5.95. The van der Waals surface area contributed by atoms with Gasteiger partial charge in [-0.1, -0.05) is 12.1 Å². The van der Waals surface area contributed by atoms with Gasteiger partial charge in [0.2, 0.25) is 5.91 Å². The SMILES string of the molecule is COCC1(C(=O)Nc2ccc(CN3CCOCC3)cc2)CCNCC1. The monoisotopic (exact) mass is 347 g/mol. The van der Waals surface area contributed by atoms with E-state index in [1.165, 1.54) is 5.56 Å². The van der Waals surface area contributed by atoms with Gasteiger partial charge in [0.05, 0.1) is 25.2 Å². The fourth-order valence-electron chi connectivity index (χ4n) is 3.59. The molecule has 2 heterocycles. The lowest BCUT2D eigenvalue weighted by Crippen LogP contribution is -2.47. The molecule has 0 atom stereocenters. The van der Waals surface area contributed by atoms with Crippen LogP contribution in [0.5, 0.6) is 0 Å². The Morgan fingerprint density at radius 3 is 2.56 bits per heavy atom. The molecule has 2 aliphatic rings. The summed E-state index contributed by atoms with van der Waals surface area (Å²) < 4.78 is 10.7. The fraction of sp³-hybridized carbons (Fsp3) is 0.632. The minimum Gasteiger partial charge on any atom is -0.384 e. The van der Waals surface area contributed by atoms with E-state index in [9.17, 15) is 4.79 Å². The van der Waals surface area contributed by atoms with E-state index in [0.717, 1.165) is 64.5 Å². The lowest BCUT2D eigenvalue weighted by molar-refractivity contribution is -0.130. The number of piperidine rings is 1. The Hall–Kier alpha value is -1.47. The van der Waals surface area contributed by atoms with E-state index in [4.69, 9.17) is 9.47 Å². The Bertz CT molecular complexity index is 544. The molecule has 6 nitrogen and oxygen atoms in total. The van der Waals surface area contributed by atoms with Gasteiger partial charge in [-0.05, 0) is 43.6 Å². The standard InChI is InChI=1S/C19H29N3O3/c1-24-15-19(6-8-20-9-7-19)18(23)21-17-4-2-16(3-5-17)14-22-10-12-25-13-11-22/h2-5,20H,6-15H2,1H3,(H,21,23). The number of nitrogens with one attached hydrogen (secondary N) is 2. The molecule has 0 unspecified atom stereocenters. The van der Waals surface area contributed by atoms with Gasteiger partial charge < -0.3 is 20.1 Å². The van der Waals surface area contributed by atoms with Gasteiger partial charge in [-0.3, -0.25) is 9.69 Å². The molecule has 3 rings (SSSR count). The van der Waals surface area contributed by atoms with Crippen LogP contribution in [0.3, 0.4) is 0 Å². The summed E-state index contributed by atoms with van der Waals surface area (Å²) in [7, 11) is 1.66. The zero-order valence-electron chi connectivity index (χ0n) is 15.1. The minimum absolute atomic E-state index is 0.0665. The van der Waals surface area contributed by atoms with Crippen molar-refractivity contribution in [1.82, 2.24) is 10.2 Å². The normalized spacial score (nSPS) is 21.0. The summed E-state index contributed by atoms with van der Waals surface area (Å²) in [6.07, 6.45) is 1.61. The molecule has 6 heteroatoms. The number of carbonyl (C=O) groups is 1. The Morgan fingerprint density at radius 1 is 1.24 bits per heavy atom. The Morgan fingerprint density at radius 2 is 1.92 bits per heavy atom. The summed E-state index contributed by atoms with van der Waals surface area (Å²) in [5.74, 6) is 0.0665. The van der Waals surface area contributed by atoms with Gasteiger partial charge in [0.15, 0.2) is 0 Å². The molecule has 0 aromatic heterocycles. The molecule has 138 valence electrons. The van der Waals surface area contributed by atoms with Gasteiger partial charge in [0, 0.05) is 32.4 Å². The topological polar surface area (TPSA) is 62.8 Å². The predicted molar refractivity (Wildman–Crippen MR) is 97.6 cm³/mol. The largest absolute Gasteiger partial charge is 0.384 e. The van der Waals surface area contributed by atoms with Crippen molar-refractivity contribution in [3.63, 3.8) is 0 Å². The summed E-state index contributed by atoms with van der Waals surface area (Å²) in [6.45, 7) is 6.68. The van der Waals surface area contributed by atoms with E-state index < -0.39 is 5.41 Å². The quantitative estimate of drug-likeness (QED) is 0.816. The van der Waals surface area contributed by atoms with Crippen molar-refractivity contribution in [2.24, 2.45) is 5.41 Å². The van der Waals surface area contributed by atoms with Crippen LogP contribution in [0.2, 0.25) is 0 Å². The van der Waals surface area contributed by atoms with E-state index in [0.29, 0.717) is 6.61 Å². The van der Waals surface area contributed by atoms with E-state index in [1.54, 1.807) is 7.11 Å². The summed E-state index contributed by atoms with van der Waals surface area (Å²) in [5.41, 5.74) is 1.69. The number of methoxy groups -OCH3 is 1. The van der Waals surface area contributed by atoms with Crippen LogP contribution in [0.15, 0.2) is 24.3 Å². The molecular weight excluding hydrogens is 318 g/mol. The summed E-state index contributed by atoms with van der Waals surface area (Å²) in [6, 6.07) is 8.18. The number of amides is 1. The number of ether oxygens (including phenoxy) is 2. The first-order chi connectivity index (χ1) is 12.2. The lowest BCUT2D eigenvalue weighted by atomic mass is 9.78. The summed E-state index contributed by atoms with van der Waals surface area (Å²) in [4.78, 5) is 15.2. The van der Waals surface area contributed by atoms with Gasteiger partial charge in [-0.25, -0.2) is 0 Å². The van der Waals surface area contributed by atoms with Crippen LogP contribution in [0.4, 0.5) is 5.69 Å². The average Bonchev–Trinajstić information content (AvgIpc) is 2.65. The number of morpholine rings is 1. The number of hydrogen-bond donors (Lipinski definition) is 2. The molecule has 2 N–H and O–H groups in total. The van der Waals surface area contributed by atoms with Crippen LogP contribution in [-0.2, 0) is 20.8 Å². The second-order valence-electron chi connectivity index (χ2n) is 7.00. The second-order valence-corrected chi connectivity index (χ2v) is 7.00. The number of carbonyl (C=O) groups excluding carboxylic acids is 1. The average molecular weight is 347 g/mol. The predicted octanol–water partition coefficient (Wildman–Crippen LogP) is 1.47. The highest BCUT2D eigenvalue weighted by atomic mass is 16.5. The van der Waals surface area contributed by atoms with Gasteiger partial charge in [-0.15, -0.1) is 0 Å². The van der Waals surface area contributed by atoms with Crippen molar-refractivity contribution in [2.45, 2.75) is 19.4 Å². The minimum atomic E-state index is -0.424. The number of rotatable bonds is 6. The smallest absolute Gasteiger partial charge is 0.233 e. The molecular formula is C19H29N3O3. The molecule has 2 aliphatic heterocycles. The summed E-state index contributed by atoms with van der Waals surface area (Å²) >= 11 is 0. The molecule has 0 spiro atoms. The molecule has 2 saturated heterocycles. The molecule has 0 radical (unpaired) electrons. The first-order valence-corrected chi connectivity index (χ1v) is 9.12. The van der Waals surface area contributed by atoms with Crippen molar-refractivity contribution >= 4 is 11.6 Å². The van der Waals surface area contributed by atoms with Crippen molar-refractivity contribution in [3.8, 4) is 0 Å². The van der Waals surface area contributed by atoms with Crippen molar-refractivity contribution in [2.75, 3.05) is 58.4 Å². The number of nitrogens with zero attached hydrogens (tertiary/aromatic N) is 1. The first kappa shape index (κ1) is 18.3.